The molecule has 4 heterocycles. The molecule has 4 fully saturated rings. The number of ether oxygens (including phenoxy) is 2. The van der Waals surface area contributed by atoms with Gasteiger partial charge in [0.2, 0.25) is 0 Å². The number of nitrogens with one attached hydrogen (secondary N) is 3. The highest BCUT2D eigenvalue weighted by molar-refractivity contribution is 5.45. The number of nitrogens with zero attached hydrogens (tertiary/aromatic N) is 1. The summed E-state index contributed by atoms with van der Waals surface area (Å²) in [5.41, 5.74) is 3.36. The van der Waals surface area contributed by atoms with Gasteiger partial charge in [-0.3, -0.25) is 4.90 Å². The van der Waals surface area contributed by atoms with Gasteiger partial charge in [0.25, 0.3) is 0 Å². The first-order valence-electron chi connectivity index (χ1n) is 14.8. The predicted molar refractivity (Wildman–Crippen MR) is 158 cm³/mol. The van der Waals surface area contributed by atoms with Crippen molar-refractivity contribution in [2.45, 2.75) is 68.5 Å². The van der Waals surface area contributed by atoms with Gasteiger partial charge >= 0.3 is 0 Å². The molecule has 3 N–H and O–H groups in total. The van der Waals surface area contributed by atoms with Crippen LogP contribution in [0.15, 0.2) is 78.9 Å². The van der Waals surface area contributed by atoms with Crippen LogP contribution < -0.4 is 16.0 Å². The van der Waals surface area contributed by atoms with E-state index in [2.05, 4.69) is 51.2 Å². The Balaban J connectivity index is 0.000000156. The van der Waals surface area contributed by atoms with Crippen LogP contribution in [0.25, 0.3) is 0 Å². The van der Waals surface area contributed by atoms with Crippen LogP contribution in [-0.2, 0) is 16.0 Å². The zero-order chi connectivity index (χ0) is 28.0. The average molecular weight is 563 g/mol. The summed E-state index contributed by atoms with van der Waals surface area (Å²) in [6.07, 6.45) is 4.24. The van der Waals surface area contributed by atoms with E-state index in [0.717, 1.165) is 70.0 Å². The molecule has 41 heavy (non-hydrogen) atoms. The van der Waals surface area contributed by atoms with Crippen molar-refractivity contribution in [2.24, 2.45) is 0 Å². The minimum absolute atomic E-state index is 0.189. The molecule has 0 spiro atoms. The molecule has 6 atom stereocenters. The van der Waals surface area contributed by atoms with Gasteiger partial charge < -0.3 is 25.4 Å². The van der Waals surface area contributed by atoms with E-state index in [-0.39, 0.29) is 11.6 Å². The quantitative estimate of drug-likeness (QED) is 0.373. The van der Waals surface area contributed by atoms with Crippen LogP contribution in [0.3, 0.4) is 0 Å². The number of morpholine rings is 2. The van der Waals surface area contributed by atoms with Crippen molar-refractivity contribution >= 4 is 11.4 Å². The highest BCUT2D eigenvalue weighted by atomic mass is 19.1. The molecule has 218 valence electrons. The van der Waals surface area contributed by atoms with Crippen molar-refractivity contribution in [3.63, 3.8) is 0 Å². The summed E-state index contributed by atoms with van der Waals surface area (Å²) in [6.45, 7) is 4.19. The molecule has 0 amide bonds. The Morgan fingerprint density at radius 1 is 0.634 bits per heavy atom. The molecule has 3 aromatic rings. The predicted octanol–water partition coefficient (Wildman–Crippen LogP) is 5.43. The first kappa shape index (κ1) is 28.1. The summed E-state index contributed by atoms with van der Waals surface area (Å²) in [5.74, 6) is -0.380. The van der Waals surface area contributed by atoms with Gasteiger partial charge in [-0.05, 0) is 79.8 Å². The van der Waals surface area contributed by atoms with Gasteiger partial charge in [-0.1, -0.05) is 30.3 Å². The zero-order valence-electron chi connectivity index (χ0n) is 23.4. The number of fused-ring (bicyclic) bond motifs is 4. The highest BCUT2D eigenvalue weighted by Gasteiger charge is 2.39. The lowest BCUT2D eigenvalue weighted by Crippen LogP contribution is -2.58. The standard InChI is InChI=1S/C20H23FN2O.C13H17FN2O/c21-16-6-8-17(9-7-16)22-18-10-19-13-24-14-20(11-18)23(19)12-15-4-2-1-3-5-15;14-9-1-3-10(4-2-9)15-11-5-12-7-17-8-13(6-11)16-12/h1-9,18-20,22H,10-14H2;1-4,11-13,15-16H,5-8H2/t18?,19-,20+;11?,12-,13+. The van der Waals surface area contributed by atoms with Gasteiger partial charge in [0.1, 0.15) is 11.6 Å². The van der Waals surface area contributed by atoms with Crippen molar-refractivity contribution in [3.05, 3.63) is 96.1 Å². The lowest BCUT2D eigenvalue weighted by molar-refractivity contribution is -0.0802. The molecule has 0 aromatic heterocycles. The first-order valence-corrected chi connectivity index (χ1v) is 14.8. The molecule has 4 aliphatic heterocycles. The van der Waals surface area contributed by atoms with Crippen LogP contribution in [0.5, 0.6) is 0 Å². The van der Waals surface area contributed by atoms with E-state index in [1.54, 1.807) is 12.1 Å². The van der Waals surface area contributed by atoms with E-state index < -0.39 is 0 Å². The maximum atomic E-state index is 13.1. The molecule has 6 nitrogen and oxygen atoms in total. The summed E-state index contributed by atoms with van der Waals surface area (Å²) >= 11 is 0. The van der Waals surface area contributed by atoms with Crippen LogP contribution in [0, 0.1) is 11.6 Å². The van der Waals surface area contributed by atoms with Gasteiger partial charge in [-0.25, -0.2) is 8.78 Å². The second kappa shape index (κ2) is 13.3. The van der Waals surface area contributed by atoms with Crippen LogP contribution >= 0.6 is 0 Å². The number of hydrogen-bond acceptors (Lipinski definition) is 6. The van der Waals surface area contributed by atoms with E-state index in [4.69, 9.17) is 9.47 Å². The summed E-state index contributed by atoms with van der Waals surface area (Å²) < 4.78 is 37.2. The van der Waals surface area contributed by atoms with Gasteiger partial charge in [0.15, 0.2) is 0 Å². The van der Waals surface area contributed by atoms with E-state index in [9.17, 15) is 8.78 Å². The molecule has 8 heteroatoms. The van der Waals surface area contributed by atoms with Gasteiger partial charge in [-0.2, -0.15) is 0 Å². The van der Waals surface area contributed by atoms with Crippen LogP contribution in [0.4, 0.5) is 20.2 Å². The Morgan fingerprint density at radius 3 is 1.66 bits per heavy atom. The molecule has 4 aliphatic rings. The third-order valence-electron chi connectivity index (χ3n) is 8.56. The minimum atomic E-state index is -0.191. The number of piperidine rings is 2. The SMILES string of the molecule is Fc1ccc(NC2C[C@H]3COC[C@@H](C2)N3)cc1.Fc1ccc(NC2C[C@H]3COC[C@@H](C2)N3Cc2ccccc2)cc1. The number of halogens is 2. The van der Waals surface area contributed by atoms with Crippen LogP contribution in [0.2, 0.25) is 0 Å². The third kappa shape index (κ3) is 7.63. The molecule has 3 aromatic carbocycles. The lowest BCUT2D eigenvalue weighted by atomic mass is 9.89. The summed E-state index contributed by atoms with van der Waals surface area (Å²) in [7, 11) is 0. The van der Waals surface area contributed by atoms with Crippen molar-refractivity contribution in [1.82, 2.24) is 10.2 Å². The molecule has 0 saturated carbocycles. The van der Waals surface area contributed by atoms with Gasteiger partial charge in [0.05, 0.1) is 26.4 Å². The van der Waals surface area contributed by atoms with Crippen molar-refractivity contribution in [2.75, 3.05) is 37.1 Å². The fourth-order valence-corrected chi connectivity index (χ4v) is 6.68. The van der Waals surface area contributed by atoms with E-state index in [1.165, 1.54) is 29.8 Å². The van der Waals surface area contributed by atoms with E-state index in [1.807, 2.05) is 12.1 Å². The smallest absolute Gasteiger partial charge is 0.123 e. The Bertz CT molecular complexity index is 1200. The zero-order valence-corrected chi connectivity index (χ0v) is 23.4. The highest BCUT2D eigenvalue weighted by Crippen LogP contribution is 2.31. The van der Waals surface area contributed by atoms with E-state index in [0.29, 0.717) is 36.3 Å². The largest absolute Gasteiger partial charge is 0.382 e. The Kier molecular flexibility index (Phi) is 9.11. The van der Waals surface area contributed by atoms with Gasteiger partial charge in [0, 0.05) is 54.2 Å². The molecule has 2 unspecified atom stereocenters. The number of hydrogen-bond donors (Lipinski definition) is 3. The fourth-order valence-electron chi connectivity index (χ4n) is 6.68. The monoisotopic (exact) mass is 562 g/mol. The Labute approximate surface area is 241 Å². The van der Waals surface area contributed by atoms with Crippen molar-refractivity contribution in [1.29, 1.82) is 0 Å². The van der Waals surface area contributed by atoms with Crippen molar-refractivity contribution < 1.29 is 18.3 Å². The Morgan fingerprint density at radius 2 is 1.12 bits per heavy atom. The average Bonchev–Trinajstić information content (AvgIpc) is 2.97. The summed E-state index contributed by atoms with van der Waals surface area (Å²) in [5, 5.41) is 10.6. The maximum absolute atomic E-state index is 13.1. The number of anilines is 2. The van der Waals surface area contributed by atoms with E-state index >= 15 is 0 Å². The Hall–Kier alpha value is -3.04. The van der Waals surface area contributed by atoms with Crippen molar-refractivity contribution in [3.8, 4) is 0 Å². The second-order valence-electron chi connectivity index (χ2n) is 11.7. The second-order valence-corrected chi connectivity index (χ2v) is 11.7. The minimum Gasteiger partial charge on any atom is -0.382 e. The van der Waals surface area contributed by atoms with Crippen LogP contribution in [-0.4, -0.2) is 67.6 Å². The fraction of sp³-hybridized carbons (Fsp3) is 0.455. The summed E-state index contributed by atoms with van der Waals surface area (Å²) in [6, 6.07) is 26.6. The lowest BCUT2D eigenvalue weighted by Gasteiger charge is -2.48. The molecule has 0 radical (unpaired) electrons. The van der Waals surface area contributed by atoms with Crippen LogP contribution in [0.1, 0.15) is 31.2 Å². The topological polar surface area (TPSA) is 57.8 Å². The molecular formula is C33H40F2N4O2. The summed E-state index contributed by atoms with van der Waals surface area (Å²) in [4.78, 5) is 2.60. The van der Waals surface area contributed by atoms with Gasteiger partial charge in [-0.15, -0.1) is 0 Å². The third-order valence-corrected chi connectivity index (χ3v) is 8.56. The first-order chi connectivity index (χ1) is 20.1. The molecule has 4 bridgehead atoms. The maximum Gasteiger partial charge on any atom is 0.123 e. The number of benzene rings is 3. The normalized spacial score (nSPS) is 29.1. The molecular weight excluding hydrogens is 522 g/mol. The number of rotatable bonds is 6. The molecule has 4 saturated heterocycles. The molecule has 7 rings (SSSR count). The molecule has 0 aliphatic carbocycles.